The summed E-state index contributed by atoms with van der Waals surface area (Å²) in [5, 5.41) is 3.53. The van der Waals surface area contributed by atoms with E-state index >= 15 is 0 Å². The highest BCUT2D eigenvalue weighted by Gasteiger charge is 2.33. The van der Waals surface area contributed by atoms with Crippen LogP contribution in [-0.2, 0) is 9.47 Å². The third-order valence-electron chi connectivity index (χ3n) is 3.84. The molecule has 0 aromatic carbocycles. The number of rotatable bonds is 8. The van der Waals surface area contributed by atoms with Gasteiger partial charge < -0.3 is 14.8 Å². The number of methoxy groups -OCH3 is 2. The van der Waals surface area contributed by atoms with E-state index in [9.17, 15) is 0 Å². The largest absolute Gasteiger partial charge is 0.355 e. The summed E-state index contributed by atoms with van der Waals surface area (Å²) < 4.78 is 10.4. The van der Waals surface area contributed by atoms with Gasteiger partial charge in [-0.15, -0.1) is 0 Å². The lowest BCUT2D eigenvalue weighted by atomic mass is 9.78. The molecule has 0 aromatic heterocycles. The Morgan fingerprint density at radius 1 is 1.12 bits per heavy atom. The lowest BCUT2D eigenvalue weighted by Crippen LogP contribution is -2.38. The van der Waals surface area contributed by atoms with Crippen LogP contribution in [0.5, 0.6) is 0 Å². The van der Waals surface area contributed by atoms with E-state index in [0.29, 0.717) is 5.41 Å². The summed E-state index contributed by atoms with van der Waals surface area (Å²) in [5.74, 6) is 0.788. The zero-order chi connectivity index (χ0) is 12.7. The topological polar surface area (TPSA) is 30.5 Å². The predicted octanol–water partition coefficient (Wildman–Crippen LogP) is 2.80. The average Bonchev–Trinajstić information content (AvgIpc) is 2.72. The van der Waals surface area contributed by atoms with E-state index < -0.39 is 0 Å². The molecule has 3 nitrogen and oxygen atoms in total. The normalized spacial score (nSPS) is 19.4. The molecule has 0 aromatic rings. The van der Waals surface area contributed by atoms with Crippen molar-refractivity contribution >= 4 is 0 Å². The summed E-state index contributed by atoms with van der Waals surface area (Å²) >= 11 is 0. The number of nitrogens with one attached hydrogen (secondary N) is 1. The Morgan fingerprint density at radius 2 is 1.71 bits per heavy atom. The van der Waals surface area contributed by atoms with Gasteiger partial charge in [-0.3, -0.25) is 0 Å². The highest BCUT2D eigenvalue weighted by molar-refractivity contribution is 4.87. The molecule has 1 aliphatic carbocycles. The van der Waals surface area contributed by atoms with Gasteiger partial charge in [0.1, 0.15) is 0 Å². The van der Waals surface area contributed by atoms with Crippen LogP contribution in [0, 0.1) is 11.3 Å². The third-order valence-corrected chi connectivity index (χ3v) is 3.84. The molecule has 0 heterocycles. The smallest absolute Gasteiger partial charge is 0.169 e. The Balaban J connectivity index is 2.34. The Hall–Kier alpha value is -0.120. The lowest BCUT2D eigenvalue weighted by Gasteiger charge is -2.31. The van der Waals surface area contributed by atoms with Gasteiger partial charge in [-0.2, -0.15) is 0 Å². The van der Waals surface area contributed by atoms with Crippen LogP contribution < -0.4 is 5.32 Å². The highest BCUT2D eigenvalue weighted by atomic mass is 16.7. The second-order valence-corrected chi connectivity index (χ2v) is 5.84. The first-order valence-corrected chi connectivity index (χ1v) is 6.88. The molecule has 1 rings (SSSR count). The first-order valence-electron chi connectivity index (χ1n) is 6.88. The summed E-state index contributed by atoms with van der Waals surface area (Å²) in [6.45, 7) is 6.54. The molecule has 0 aliphatic heterocycles. The molecule has 1 saturated carbocycles. The molecular weight excluding hydrogens is 214 g/mol. The maximum Gasteiger partial charge on any atom is 0.169 e. The van der Waals surface area contributed by atoms with E-state index in [0.717, 1.165) is 19.0 Å². The molecule has 1 aliphatic rings. The summed E-state index contributed by atoms with van der Waals surface area (Å²) in [7, 11) is 3.38. The SMILES string of the molecule is COC(CNCC1(CC(C)C)CCCC1)OC. The molecule has 0 saturated heterocycles. The molecule has 1 N–H and O–H groups in total. The minimum absolute atomic E-state index is 0.118. The Morgan fingerprint density at radius 3 is 2.18 bits per heavy atom. The van der Waals surface area contributed by atoms with E-state index in [1.807, 2.05) is 0 Å². The summed E-state index contributed by atoms with van der Waals surface area (Å²) in [6.07, 6.45) is 6.77. The third kappa shape index (κ3) is 4.94. The van der Waals surface area contributed by atoms with Crippen LogP contribution in [-0.4, -0.2) is 33.6 Å². The first kappa shape index (κ1) is 14.9. The lowest BCUT2D eigenvalue weighted by molar-refractivity contribution is -0.0996. The van der Waals surface area contributed by atoms with Crippen molar-refractivity contribution in [1.29, 1.82) is 0 Å². The van der Waals surface area contributed by atoms with Crippen LogP contribution in [0.25, 0.3) is 0 Å². The maximum absolute atomic E-state index is 5.19. The van der Waals surface area contributed by atoms with Crippen LogP contribution in [0.4, 0.5) is 0 Å². The van der Waals surface area contributed by atoms with E-state index in [1.165, 1.54) is 32.1 Å². The minimum Gasteiger partial charge on any atom is -0.355 e. The van der Waals surface area contributed by atoms with Crippen molar-refractivity contribution in [3.8, 4) is 0 Å². The Labute approximate surface area is 106 Å². The van der Waals surface area contributed by atoms with Gasteiger partial charge in [0, 0.05) is 27.3 Å². The minimum atomic E-state index is -0.118. The van der Waals surface area contributed by atoms with E-state index in [1.54, 1.807) is 14.2 Å². The Kier molecular flexibility index (Phi) is 6.45. The zero-order valence-corrected chi connectivity index (χ0v) is 11.9. The summed E-state index contributed by atoms with van der Waals surface area (Å²) in [5.41, 5.74) is 0.528. The number of hydrogen-bond acceptors (Lipinski definition) is 3. The van der Waals surface area contributed by atoms with Crippen LogP contribution in [0.2, 0.25) is 0 Å². The Bertz CT molecular complexity index is 196. The molecule has 3 heteroatoms. The standard InChI is InChI=1S/C14H29NO2/c1-12(2)9-14(7-5-6-8-14)11-15-10-13(16-3)17-4/h12-13,15H,5-11H2,1-4H3. The van der Waals surface area contributed by atoms with Gasteiger partial charge in [-0.1, -0.05) is 26.7 Å². The van der Waals surface area contributed by atoms with Gasteiger partial charge >= 0.3 is 0 Å². The van der Waals surface area contributed by atoms with Gasteiger partial charge in [-0.25, -0.2) is 0 Å². The molecule has 0 radical (unpaired) electrons. The molecule has 0 unspecified atom stereocenters. The molecule has 0 spiro atoms. The summed E-state index contributed by atoms with van der Waals surface area (Å²) in [4.78, 5) is 0. The number of hydrogen-bond donors (Lipinski definition) is 1. The fourth-order valence-corrected chi connectivity index (χ4v) is 3.16. The van der Waals surface area contributed by atoms with Crippen molar-refractivity contribution in [2.24, 2.45) is 11.3 Å². The number of ether oxygens (including phenoxy) is 2. The van der Waals surface area contributed by atoms with Gasteiger partial charge in [0.2, 0.25) is 0 Å². The van der Waals surface area contributed by atoms with E-state index in [-0.39, 0.29) is 6.29 Å². The van der Waals surface area contributed by atoms with Gasteiger partial charge in [0.05, 0.1) is 0 Å². The van der Waals surface area contributed by atoms with E-state index in [2.05, 4.69) is 19.2 Å². The average molecular weight is 243 g/mol. The van der Waals surface area contributed by atoms with Crippen molar-refractivity contribution in [1.82, 2.24) is 5.32 Å². The zero-order valence-electron chi connectivity index (χ0n) is 11.9. The van der Waals surface area contributed by atoms with Gasteiger partial charge in [0.25, 0.3) is 0 Å². The van der Waals surface area contributed by atoms with E-state index in [4.69, 9.17) is 9.47 Å². The van der Waals surface area contributed by atoms with Crippen molar-refractivity contribution < 1.29 is 9.47 Å². The van der Waals surface area contributed by atoms with Crippen LogP contribution in [0.15, 0.2) is 0 Å². The maximum atomic E-state index is 5.19. The van der Waals surface area contributed by atoms with Crippen LogP contribution >= 0.6 is 0 Å². The van der Waals surface area contributed by atoms with Crippen molar-refractivity contribution in [2.75, 3.05) is 27.3 Å². The van der Waals surface area contributed by atoms with Gasteiger partial charge in [-0.05, 0) is 30.6 Å². The second kappa shape index (κ2) is 7.34. The quantitative estimate of drug-likeness (QED) is 0.665. The van der Waals surface area contributed by atoms with Gasteiger partial charge in [0.15, 0.2) is 6.29 Å². The molecule has 0 bridgehead atoms. The van der Waals surface area contributed by atoms with Crippen LogP contribution in [0.3, 0.4) is 0 Å². The predicted molar refractivity (Wildman–Crippen MR) is 71.0 cm³/mol. The molecule has 1 fully saturated rings. The molecule has 0 atom stereocenters. The molecule has 17 heavy (non-hydrogen) atoms. The monoisotopic (exact) mass is 243 g/mol. The fourth-order valence-electron chi connectivity index (χ4n) is 3.16. The highest BCUT2D eigenvalue weighted by Crippen LogP contribution is 2.42. The van der Waals surface area contributed by atoms with Crippen molar-refractivity contribution in [2.45, 2.75) is 52.2 Å². The van der Waals surface area contributed by atoms with Crippen molar-refractivity contribution in [3.63, 3.8) is 0 Å². The fraction of sp³-hybridized carbons (Fsp3) is 1.00. The molecule has 0 amide bonds. The second-order valence-electron chi connectivity index (χ2n) is 5.84. The van der Waals surface area contributed by atoms with Crippen molar-refractivity contribution in [3.05, 3.63) is 0 Å². The van der Waals surface area contributed by atoms with Crippen LogP contribution in [0.1, 0.15) is 46.0 Å². The first-order chi connectivity index (χ1) is 8.12. The molecule has 102 valence electrons. The summed E-state index contributed by atoms with van der Waals surface area (Å²) in [6, 6.07) is 0. The molecular formula is C14H29NO2.